The van der Waals surface area contributed by atoms with Gasteiger partial charge in [-0.05, 0) is 24.5 Å². The van der Waals surface area contributed by atoms with Crippen molar-refractivity contribution in [2.24, 2.45) is 0 Å². The molecule has 4 rings (SSSR count). The van der Waals surface area contributed by atoms with Crippen LogP contribution in [-0.2, 0) is 11.3 Å². The Morgan fingerprint density at radius 1 is 1.15 bits per heavy atom. The number of benzene rings is 1. The normalized spacial score (nSPS) is 15.6. The van der Waals surface area contributed by atoms with Gasteiger partial charge >= 0.3 is 0 Å². The largest absolute Gasteiger partial charge is 0.352 e. The lowest BCUT2D eigenvalue weighted by Gasteiger charge is -2.16. The van der Waals surface area contributed by atoms with E-state index in [4.69, 9.17) is 0 Å². The van der Waals surface area contributed by atoms with Crippen molar-refractivity contribution < 1.29 is 4.79 Å². The SMILES string of the molecule is O=C(Cn1cnc2cc(-c3ccccc3)sc2c1=O)NC1CCCCCC1. The average molecular weight is 382 g/mol. The maximum atomic E-state index is 12.8. The molecule has 140 valence electrons. The van der Waals surface area contributed by atoms with Gasteiger partial charge in [0.2, 0.25) is 5.91 Å². The number of rotatable bonds is 4. The van der Waals surface area contributed by atoms with Crippen molar-refractivity contribution in [1.29, 1.82) is 0 Å². The van der Waals surface area contributed by atoms with Crippen LogP contribution in [0.5, 0.6) is 0 Å². The number of carbonyl (C=O) groups is 1. The van der Waals surface area contributed by atoms with E-state index in [9.17, 15) is 9.59 Å². The van der Waals surface area contributed by atoms with Gasteiger partial charge in [-0.25, -0.2) is 4.98 Å². The highest BCUT2D eigenvalue weighted by atomic mass is 32.1. The molecule has 1 amide bonds. The van der Waals surface area contributed by atoms with Gasteiger partial charge in [0, 0.05) is 10.9 Å². The van der Waals surface area contributed by atoms with Crippen molar-refractivity contribution in [3.63, 3.8) is 0 Å². The zero-order valence-corrected chi connectivity index (χ0v) is 16.0. The van der Waals surface area contributed by atoms with Crippen LogP contribution in [0, 0.1) is 0 Å². The Labute approximate surface area is 162 Å². The van der Waals surface area contributed by atoms with Crippen molar-refractivity contribution in [3.05, 3.63) is 53.1 Å². The Balaban J connectivity index is 1.53. The predicted molar refractivity (Wildman–Crippen MR) is 109 cm³/mol. The van der Waals surface area contributed by atoms with E-state index >= 15 is 0 Å². The minimum atomic E-state index is -0.150. The van der Waals surface area contributed by atoms with Crippen LogP contribution in [0.15, 0.2) is 47.5 Å². The van der Waals surface area contributed by atoms with Crippen LogP contribution in [0.1, 0.15) is 38.5 Å². The molecule has 0 unspecified atom stereocenters. The van der Waals surface area contributed by atoms with Gasteiger partial charge in [-0.2, -0.15) is 0 Å². The second kappa shape index (κ2) is 8.05. The summed E-state index contributed by atoms with van der Waals surface area (Å²) >= 11 is 1.43. The second-order valence-corrected chi connectivity index (χ2v) is 8.18. The molecule has 27 heavy (non-hydrogen) atoms. The Kier molecular flexibility index (Phi) is 5.34. The summed E-state index contributed by atoms with van der Waals surface area (Å²) in [6.45, 7) is 0.0246. The van der Waals surface area contributed by atoms with E-state index in [1.165, 1.54) is 35.1 Å². The van der Waals surface area contributed by atoms with Gasteiger partial charge in [-0.3, -0.25) is 14.2 Å². The molecule has 0 atom stereocenters. The van der Waals surface area contributed by atoms with Gasteiger partial charge in [-0.15, -0.1) is 11.3 Å². The van der Waals surface area contributed by atoms with Crippen LogP contribution < -0.4 is 10.9 Å². The molecule has 0 radical (unpaired) electrons. The fourth-order valence-electron chi connectivity index (χ4n) is 3.65. The zero-order chi connectivity index (χ0) is 18.6. The minimum Gasteiger partial charge on any atom is -0.352 e. The molecule has 0 saturated heterocycles. The molecular weight excluding hydrogens is 358 g/mol. The molecule has 2 heterocycles. The van der Waals surface area contributed by atoms with Gasteiger partial charge < -0.3 is 5.32 Å². The van der Waals surface area contributed by atoms with E-state index in [2.05, 4.69) is 10.3 Å². The monoisotopic (exact) mass is 381 g/mol. The number of hydrogen-bond acceptors (Lipinski definition) is 4. The van der Waals surface area contributed by atoms with Gasteiger partial charge in [-0.1, -0.05) is 56.0 Å². The molecule has 1 aliphatic rings. The number of fused-ring (bicyclic) bond motifs is 1. The lowest BCUT2D eigenvalue weighted by atomic mass is 10.1. The molecule has 0 bridgehead atoms. The lowest BCUT2D eigenvalue weighted by Crippen LogP contribution is -2.38. The summed E-state index contributed by atoms with van der Waals surface area (Å²) in [4.78, 5) is 30.6. The van der Waals surface area contributed by atoms with Crippen LogP contribution >= 0.6 is 11.3 Å². The maximum Gasteiger partial charge on any atom is 0.271 e. The summed E-state index contributed by atoms with van der Waals surface area (Å²) in [7, 11) is 0. The molecule has 1 saturated carbocycles. The zero-order valence-electron chi connectivity index (χ0n) is 15.2. The molecule has 3 aromatic rings. The Morgan fingerprint density at radius 2 is 1.89 bits per heavy atom. The molecule has 5 nitrogen and oxygen atoms in total. The molecule has 1 aromatic carbocycles. The minimum absolute atomic E-state index is 0.0246. The van der Waals surface area contributed by atoms with E-state index in [-0.39, 0.29) is 24.1 Å². The quantitative estimate of drug-likeness (QED) is 0.696. The van der Waals surface area contributed by atoms with Gasteiger partial charge in [0.25, 0.3) is 5.56 Å². The van der Waals surface area contributed by atoms with Gasteiger partial charge in [0.1, 0.15) is 11.2 Å². The van der Waals surface area contributed by atoms with Crippen molar-refractivity contribution >= 4 is 27.5 Å². The summed E-state index contributed by atoms with van der Waals surface area (Å²) in [5.74, 6) is -0.106. The smallest absolute Gasteiger partial charge is 0.271 e. The van der Waals surface area contributed by atoms with Crippen LogP contribution in [0.25, 0.3) is 20.7 Å². The van der Waals surface area contributed by atoms with Crippen molar-refractivity contribution in [2.45, 2.75) is 51.1 Å². The van der Waals surface area contributed by atoms with Crippen LogP contribution in [0.2, 0.25) is 0 Å². The molecular formula is C21H23N3O2S. The van der Waals surface area contributed by atoms with Crippen molar-refractivity contribution in [3.8, 4) is 10.4 Å². The fourth-order valence-corrected chi connectivity index (χ4v) is 4.72. The van der Waals surface area contributed by atoms with Crippen molar-refractivity contribution in [1.82, 2.24) is 14.9 Å². The summed E-state index contributed by atoms with van der Waals surface area (Å²) in [5.41, 5.74) is 1.60. The summed E-state index contributed by atoms with van der Waals surface area (Å²) in [6.07, 6.45) is 8.36. The Hall–Kier alpha value is -2.47. The van der Waals surface area contributed by atoms with Crippen LogP contribution in [0.3, 0.4) is 0 Å². The van der Waals surface area contributed by atoms with E-state index in [1.54, 1.807) is 0 Å². The van der Waals surface area contributed by atoms with Crippen LogP contribution in [-0.4, -0.2) is 21.5 Å². The predicted octanol–water partition coefficient (Wildman–Crippen LogP) is 3.96. The molecule has 0 spiro atoms. The van der Waals surface area contributed by atoms with Crippen LogP contribution in [0.4, 0.5) is 0 Å². The number of amides is 1. The molecule has 0 aliphatic heterocycles. The maximum absolute atomic E-state index is 12.8. The Bertz CT molecular complexity index is 986. The molecule has 2 aromatic heterocycles. The third-order valence-electron chi connectivity index (χ3n) is 5.10. The van der Waals surface area contributed by atoms with Gasteiger partial charge in [0.05, 0.1) is 11.8 Å². The van der Waals surface area contributed by atoms with E-state index < -0.39 is 0 Å². The number of nitrogens with zero attached hydrogens (tertiary/aromatic N) is 2. The first-order valence-electron chi connectivity index (χ1n) is 9.54. The first kappa shape index (κ1) is 17.9. The highest BCUT2D eigenvalue weighted by Gasteiger charge is 2.16. The van der Waals surface area contributed by atoms with E-state index in [0.717, 1.165) is 36.1 Å². The summed E-state index contributed by atoms with van der Waals surface area (Å²) < 4.78 is 2.01. The average Bonchev–Trinajstić information content (AvgIpc) is 2.96. The molecule has 1 aliphatic carbocycles. The first-order chi connectivity index (χ1) is 13.2. The standard InChI is InChI=1S/C21H23N3O2S/c25-19(23-16-10-6-1-2-7-11-16)13-24-14-22-17-12-18(27-20(17)21(24)26)15-8-4-3-5-9-15/h3-5,8-9,12,14,16H,1-2,6-7,10-11,13H2,(H,23,25). The molecule has 6 heteroatoms. The number of hydrogen-bond donors (Lipinski definition) is 1. The number of carbonyl (C=O) groups excluding carboxylic acids is 1. The number of aromatic nitrogens is 2. The highest BCUT2D eigenvalue weighted by molar-refractivity contribution is 7.22. The summed E-state index contributed by atoms with van der Waals surface area (Å²) in [5, 5.41) is 3.09. The first-order valence-corrected chi connectivity index (χ1v) is 10.4. The fraction of sp³-hybridized carbons (Fsp3) is 0.381. The molecule has 1 N–H and O–H groups in total. The van der Waals surface area contributed by atoms with E-state index in [1.807, 2.05) is 36.4 Å². The third kappa shape index (κ3) is 4.11. The topological polar surface area (TPSA) is 64.0 Å². The highest BCUT2D eigenvalue weighted by Crippen LogP contribution is 2.30. The van der Waals surface area contributed by atoms with Crippen molar-refractivity contribution in [2.75, 3.05) is 0 Å². The summed E-state index contributed by atoms with van der Waals surface area (Å²) in [6, 6.07) is 12.1. The van der Waals surface area contributed by atoms with E-state index in [0.29, 0.717) is 10.2 Å². The van der Waals surface area contributed by atoms with Gasteiger partial charge in [0.15, 0.2) is 0 Å². The Morgan fingerprint density at radius 3 is 2.63 bits per heavy atom. The third-order valence-corrected chi connectivity index (χ3v) is 6.26. The lowest BCUT2D eigenvalue weighted by molar-refractivity contribution is -0.122. The molecule has 1 fully saturated rings. The number of nitrogens with one attached hydrogen (secondary N) is 1. The second-order valence-electron chi connectivity index (χ2n) is 7.12. The number of thiophene rings is 1.